The van der Waals surface area contributed by atoms with E-state index in [9.17, 15) is 13.2 Å². The summed E-state index contributed by atoms with van der Waals surface area (Å²) in [6, 6.07) is 14.1. The highest BCUT2D eigenvalue weighted by molar-refractivity contribution is 7.96. The van der Waals surface area contributed by atoms with Gasteiger partial charge >= 0.3 is 0 Å². The van der Waals surface area contributed by atoms with E-state index in [-0.39, 0.29) is 9.80 Å². The number of rotatable bonds is 5. The highest BCUT2D eigenvalue weighted by Gasteiger charge is 2.28. The number of halogens is 1. The lowest BCUT2D eigenvalue weighted by molar-refractivity contribution is 0.104. The number of hydrogen-bond donors (Lipinski definition) is 0. The molecule has 23 heavy (non-hydrogen) atoms. The Morgan fingerprint density at radius 2 is 1.57 bits per heavy atom. The van der Waals surface area contributed by atoms with Crippen LogP contribution in [-0.2, 0) is 9.84 Å². The number of allylic oxidation sites excluding steroid dienone is 1. The Kier molecular flexibility index (Phi) is 5.23. The molecule has 120 valence electrons. The van der Waals surface area contributed by atoms with Crippen LogP contribution < -0.4 is 0 Å². The van der Waals surface area contributed by atoms with Gasteiger partial charge in [0, 0.05) is 30.9 Å². The summed E-state index contributed by atoms with van der Waals surface area (Å²) >= 11 is 5.80. The molecule has 4 nitrogen and oxygen atoms in total. The monoisotopic (exact) mass is 349 g/mol. The van der Waals surface area contributed by atoms with Crippen LogP contribution in [-0.4, -0.2) is 33.2 Å². The molecule has 0 amide bonds. The minimum Gasteiger partial charge on any atom is -0.382 e. The highest BCUT2D eigenvalue weighted by Crippen LogP contribution is 2.24. The fourth-order valence-electron chi connectivity index (χ4n) is 1.96. The third-order valence-corrected chi connectivity index (χ3v) is 5.06. The van der Waals surface area contributed by atoms with Gasteiger partial charge in [-0.2, -0.15) is 0 Å². The molecule has 0 heterocycles. The molecule has 0 saturated carbocycles. The number of nitrogens with zero attached hydrogens (tertiary/aromatic N) is 1. The van der Waals surface area contributed by atoms with Gasteiger partial charge in [0.1, 0.15) is 4.91 Å². The molecular formula is C17H16ClNO3S. The highest BCUT2D eigenvalue weighted by atomic mass is 35.5. The van der Waals surface area contributed by atoms with Crippen molar-refractivity contribution in [1.29, 1.82) is 0 Å². The van der Waals surface area contributed by atoms with Crippen LogP contribution in [0.4, 0.5) is 0 Å². The van der Waals surface area contributed by atoms with Crippen molar-refractivity contribution in [3.8, 4) is 0 Å². The lowest BCUT2D eigenvalue weighted by atomic mass is 10.1. The Morgan fingerprint density at radius 3 is 2.09 bits per heavy atom. The summed E-state index contributed by atoms with van der Waals surface area (Å²) in [5, 5.41) is 0.427. The molecule has 6 heteroatoms. The molecule has 0 saturated heterocycles. The van der Waals surface area contributed by atoms with Crippen LogP contribution in [0.1, 0.15) is 10.4 Å². The first kappa shape index (κ1) is 17.2. The van der Waals surface area contributed by atoms with Crippen molar-refractivity contribution in [3.63, 3.8) is 0 Å². The molecule has 0 aliphatic rings. The molecule has 0 N–H and O–H groups in total. The van der Waals surface area contributed by atoms with Crippen LogP contribution in [0, 0.1) is 0 Å². The lowest BCUT2D eigenvalue weighted by Gasteiger charge is -2.12. The fraction of sp³-hybridized carbons (Fsp3) is 0.118. The number of benzene rings is 2. The molecule has 2 aromatic carbocycles. The van der Waals surface area contributed by atoms with Crippen LogP contribution in [0.25, 0.3) is 0 Å². The first-order chi connectivity index (χ1) is 10.8. The van der Waals surface area contributed by atoms with Crippen LogP contribution >= 0.6 is 11.6 Å². The van der Waals surface area contributed by atoms with Gasteiger partial charge in [-0.1, -0.05) is 41.9 Å². The van der Waals surface area contributed by atoms with Crippen molar-refractivity contribution in [3.05, 3.63) is 76.3 Å². The lowest BCUT2D eigenvalue weighted by Crippen LogP contribution is -2.18. The molecule has 0 aliphatic carbocycles. The topological polar surface area (TPSA) is 54.5 Å². The summed E-state index contributed by atoms with van der Waals surface area (Å²) in [4.78, 5) is 13.9. The summed E-state index contributed by atoms with van der Waals surface area (Å²) in [6.45, 7) is 0. The number of ketones is 1. The van der Waals surface area contributed by atoms with E-state index in [1.54, 1.807) is 44.4 Å². The standard InChI is InChI=1S/C17H16ClNO3S/c1-19(2)12-16(17(20)13-6-4-3-5-7-13)23(21,22)15-10-8-14(18)9-11-15/h3-12H,1-2H3/b16-12+. The van der Waals surface area contributed by atoms with Gasteiger partial charge in [-0.05, 0) is 24.3 Å². The molecule has 0 spiro atoms. The van der Waals surface area contributed by atoms with Gasteiger partial charge in [0.2, 0.25) is 15.6 Å². The van der Waals surface area contributed by atoms with Crippen LogP contribution in [0.3, 0.4) is 0 Å². The SMILES string of the molecule is CN(C)/C=C(\C(=O)c1ccccc1)S(=O)(=O)c1ccc(Cl)cc1. The molecular weight excluding hydrogens is 334 g/mol. The zero-order valence-corrected chi connectivity index (χ0v) is 14.3. The van der Waals surface area contributed by atoms with E-state index in [0.717, 1.165) is 0 Å². The maximum Gasteiger partial charge on any atom is 0.211 e. The van der Waals surface area contributed by atoms with E-state index in [4.69, 9.17) is 11.6 Å². The molecule has 0 aliphatic heterocycles. The van der Waals surface area contributed by atoms with Crippen LogP contribution in [0.2, 0.25) is 5.02 Å². The van der Waals surface area contributed by atoms with E-state index in [1.807, 2.05) is 0 Å². The van der Waals surface area contributed by atoms with E-state index < -0.39 is 15.6 Å². The summed E-state index contributed by atoms with van der Waals surface area (Å²) < 4.78 is 25.7. The molecule has 0 aromatic heterocycles. The zero-order chi connectivity index (χ0) is 17.0. The molecule has 0 atom stereocenters. The number of Topliss-reactive ketones (excluding diaryl/α,β-unsaturated/α-hetero) is 1. The molecule has 2 aromatic rings. The van der Waals surface area contributed by atoms with E-state index in [1.165, 1.54) is 35.4 Å². The average Bonchev–Trinajstić information content (AvgIpc) is 2.53. The third kappa shape index (κ3) is 4.00. The second kappa shape index (κ2) is 6.98. The summed E-state index contributed by atoms with van der Waals surface area (Å²) in [6.07, 6.45) is 1.32. The summed E-state index contributed by atoms with van der Waals surface area (Å²) in [7, 11) is -0.624. The van der Waals surface area contributed by atoms with Crippen LogP contribution in [0.5, 0.6) is 0 Å². The van der Waals surface area contributed by atoms with Gasteiger partial charge in [-0.15, -0.1) is 0 Å². The number of carbonyl (C=O) groups is 1. The quantitative estimate of drug-likeness (QED) is 0.613. The molecule has 0 unspecified atom stereocenters. The Bertz CT molecular complexity index is 826. The molecule has 0 radical (unpaired) electrons. The molecule has 0 fully saturated rings. The van der Waals surface area contributed by atoms with Gasteiger partial charge in [0.05, 0.1) is 4.90 Å². The Balaban J connectivity index is 2.55. The fourth-order valence-corrected chi connectivity index (χ4v) is 3.54. The van der Waals surface area contributed by atoms with E-state index in [2.05, 4.69) is 0 Å². The summed E-state index contributed by atoms with van der Waals surface area (Å²) in [5.41, 5.74) is 0.318. The van der Waals surface area contributed by atoms with Crippen molar-refractivity contribution in [2.45, 2.75) is 4.90 Å². The van der Waals surface area contributed by atoms with Gasteiger partial charge in [0.25, 0.3) is 0 Å². The third-order valence-electron chi connectivity index (χ3n) is 3.05. The Labute approximate surface area is 140 Å². The minimum atomic E-state index is -3.95. The number of carbonyl (C=O) groups excluding carboxylic acids is 1. The van der Waals surface area contributed by atoms with E-state index in [0.29, 0.717) is 10.6 Å². The molecule has 0 bridgehead atoms. The van der Waals surface area contributed by atoms with Crippen molar-refractivity contribution in [2.75, 3.05) is 14.1 Å². The van der Waals surface area contributed by atoms with Gasteiger partial charge < -0.3 is 4.90 Å². The predicted molar refractivity (Wildman–Crippen MR) is 91.2 cm³/mol. The van der Waals surface area contributed by atoms with Gasteiger partial charge in [-0.3, -0.25) is 4.79 Å². The van der Waals surface area contributed by atoms with Gasteiger partial charge in [-0.25, -0.2) is 8.42 Å². The van der Waals surface area contributed by atoms with Crippen molar-refractivity contribution in [1.82, 2.24) is 4.90 Å². The predicted octanol–water partition coefficient (Wildman–Crippen LogP) is 3.40. The first-order valence-electron chi connectivity index (χ1n) is 6.81. The second-order valence-electron chi connectivity index (χ2n) is 5.11. The maximum absolute atomic E-state index is 12.8. The largest absolute Gasteiger partial charge is 0.382 e. The van der Waals surface area contributed by atoms with Gasteiger partial charge in [0.15, 0.2) is 0 Å². The maximum atomic E-state index is 12.8. The second-order valence-corrected chi connectivity index (χ2v) is 7.46. The summed E-state index contributed by atoms with van der Waals surface area (Å²) in [5.74, 6) is -0.547. The smallest absolute Gasteiger partial charge is 0.211 e. The normalized spacial score (nSPS) is 12.0. The number of hydrogen-bond acceptors (Lipinski definition) is 4. The minimum absolute atomic E-state index is 0.0271. The average molecular weight is 350 g/mol. The van der Waals surface area contributed by atoms with Crippen molar-refractivity contribution in [2.24, 2.45) is 0 Å². The van der Waals surface area contributed by atoms with E-state index >= 15 is 0 Å². The Morgan fingerprint density at radius 1 is 1.00 bits per heavy atom. The number of sulfone groups is 1. The molecule has 2 rings (SSSR count). The zero-order valence-electron chi connectivity index (χ0n) is 12.7. The van der Waals surface area contributed by atoms with Crippen molar-refractivity contribution >= 4 is 27.2 Å². The first-order valence-corrected chi connectivity index (χ1v) is 8.67. The van der Waals surface area contributed by atoms with Crippen LogP contribution in [0.15, 0.2) is 70.6 Å². The Hall–Kier alpha value is -2.11. The van der Waals surface area contributed by atoms with Crippen molar-refractivity contribution < 1.29 is 13.2 Å².